The molecule has 2 aliphatic heterocycles. The molecule has 0 atom stereocenters. The van der Waals surface area contributed by atoms with Crippen molar-refractivity contribution in [3.8, 4) is 6.07 Å². The third-order valence-corrected chi connectivity index (χ3v) is 9.62. The number of nitriles is 1. The molecule has 250 valence electrons. The van der Waals surface area contributed by atoms with Crippen molar-refractivity contribution < 1.29 is 45.4 Å². The van der Waals surface area contributed by atoms with Crippen LogP contribution in [0.25, 0.3) is 0 Å². The Morgan fingerprint density at radius 3 is 2.20 bits per heavy atom. The van der Waals surface area contributed by atoms with Crippen LogP contribution < -0.4 is 4.90 Å². The van der Waals surface area contributed by atoms with Crippen molar-refractivity contribution in [2.24, 2.45) is 0 Å². The van der Waals surface area contributed by atoms with Gasteiger partial charge in [-0.1, -0.05) is 12.8 Å². The fraction of sp³-hybridized carbons (Fsp3) is 0.633. The normalized spacial score (nSPS) is 17.0. The number of ether oxygens (including phenoxy) is 3. The smallest absolute Gasteiger partial charge is 0.382 e. The molecule has 3 rings (SSSR count). The summed E-state index contributed by atoms with van der Waals surface area (Å²) in [4.78, 5) is 28.8. The lowest BCUT2D eigenvalue weighted by Crippen LogP contribution is -2.49. The Hall–Kier alpha value is -2.87. The van der Waals surface area contributed by atoms with E-state index in [4.69, 9.17) is 19.5 Å². The van der Waals surface area contributed by atoms with Crippen molar-refractivity contribution in [2.45, 2.75) is 45.2 Å². The number of unbranched alkanes of at least 4 members (excludes halogenated alkanes) is 3. The molecule has 2 heterocycles. The number of sulfonamides is 1. The summed E-state index contributed by atoms with van der Waals surface area (Å²) < 4.78 is 82.5. The highest BCUT2D eigenvalue weighted by molar-refractivity contribution is 7.89. The van der Waals surface area contributed by atoms with E-state index >= 15 is 0 Å². The van der Waals surface area contributed by atoms with Crippen LogP contribution in [0.15, 0.2) is 29.3 Å². The molecule has 0 aliphatic carbocycles. The van der Waals surface area contributed by atoms with E-state index in [0.717, 1.165) is 36.8 Å². The first-order valence-corrected chi connectivity index (χ1v) is 16.6. The van der Waals surface area contributed by atoms with Crippen molar-refractivity contribution in [1.29, 1.82) is 5.26 Å². The van der Waals surface area contributed by atoms with Gasteiger partial charge in [-0.2, -0.15) is 22.7 Å². The number of amides is 2. The molecule has 1 saturated heterocycles. The molecule has 0 unspecified atom stereocenters. The zero-order valence-electron chi connectivity index (χ0n) is 25.7. The molecule has 0 N–H and O–H groups in total. The summed E-state index contributed by atoms with van der Waals surface area (Å²) in [7, 11) is -1.81. The highest BCUT2D eigenvalue weighted by Crippen LogP contribution is 2.37. The van der Waals surface area contributed by atoms with Gasteiger partial charge >= 0.3 is 6.18 Å². The van der Waals surface area contributed by atoms with E-state index in [0.29, 0.717) is 71.5 Å². The van der Waals surface area contributed by atoms with Gasteiger partial charge in [-0.15, -0.1) is 0 Å². The predicted octanol–water partition coefficient (Wildman–Crippen LogP) is 3.34. The molecule has 0 radical (unpaired) electrons. The third-order valence-electron chi connectivity index (χ3n) is 7.79. The molecule has 2 aliphatic rings. The zero-order valence-corrected chi connectivity index (χ0v) is 26.6. The molecule has 11 nitrogen and oxygen atoms in total. The molecule has 45 heavy (non-hydrogen) atoms. The number of hydrogen-bond acceptors (Lipinski definition) is 9. The van der Waals surface area contributed by atoms with Crippen molar-refractivity contribution in [1.82, 2.24) is 9.21 Å². The highest BCUT2D eigenvalue weighted by atomic mass is 32.2. The Bertz CT molecular complexity index is 1350. The molecule has 1 fully saturated rings. The summed E-state index contributed by atoms with van der Waals surface area (Å²) in [5, 5.41) is 9.02. The van der Waals surface area contributed by atoms with Gasteiger partial charge in [0, 0.05) is 44.4 Å². The van der Waals surface area contributed by atoms with Crippen molar-refractivity contribution in [3.05, 3.63) is 40.5 Å². The number of carbonyl (C=O) groups is 2. The first kappa shape index (κ1) is 36.6. The standard InChI is InChI=1S/C30H41F3N4O7S/c1-23-26(29(39)37(28(23)38)25-9-8-24(22-34)27(21-25)30(31,32)33)7-5-3-4-6-10-35-11-13-36(14-12-35)45(40,41)20-19-44-18-17-43-16-15-42-2/h8-9,21H,3-7,10-20H2,1-2H3. The maximum absolute atomic E-state index is 13.4. The molecule has 0 aromatic heterocycles. The van der Waals surface area contributed by atoms with Crippen LogP contribution >= 0.6 is 0 Å². The van der Waals surface area contributed by atoms with Crippen molar-refractivity contribution in [2.75, 3.05) is 83.5 Å². The number of nitrogens with zero attached hydrogens (tertiary/aromatic N) is 4. The van der Waals surface area contributed by atoms with Gasteiger partial charge in [0.1, 0.15) is 0 Å². The zero-order chi connectivity index (χ0) is 33.0. The average molecular weight is 659 g/mol. The fourth-order valence-electron chi connectivity index (χ4n) is 5.20. The maximum atomic E-state index is 13.4. The van der Waals surface area contributed by atoms with E-state index < -0.39 is 39.1 Å². The topological polar surface area (TPSA) is 129 Å². The number of benzene rings is 1. The molecular weight excluding hydrogens is 617 g/mol. The minimum absolute atomic E-state index is 0.0745. The first-order valence-electron chi connectivity index (χ1n) is 14.9. The number of anilines is 1. The quantitative estimate of drug-likeness (QED) is 0.172. The van der Waals surface area contributed by atoms with Crippen LogP contribution in [-0.2, 0) is 40.0 Å². The van der Waals surface area contributed by atoms with Crippen LogP contribution in [0.3, 0.4) is 0 Å². The summed E-state index contributed by atoms with van der Waals surface area (Å²) >= 11 is 0. The first-order chi connectivity index (χ1) is 21.4. The van der Waals surface area contributed by atoms with Gasteiger partial charge in [-0.25, -0.2) is 13.3 Å². The van der Waals surface area contributed by atoms with Crippen LogP contribution in [0.2, 0.25) is 0 Å². The van der Waals surface area contributed by atoms with E-state index in [9.17, 15) is 31.2 Å². The van der Waals surface area contributed by atoms with Gasteiger partial charge in [0.05, 0.1) is 61.7 Å². The van der Waals surface area contributed by atoms with Crippen LogP contribution in [0.5, 0.6) is 0 Å². The third kappa shape index (κ3) is 10.3. The lowest BCUT2D eigenvalue weighted by molar-refractivity contribution is -0.138. The summed E-state index contributed by atoms with van der Waals surface area (Å²) in [5.41, 5.74) is -1.50. The van der Waals surface area contributed by atoms with E-state index in [1.54, 1.807) is 7.11 Å². The summed E-state index contributed by atoms with van der Waals surface area (Å²) in [6, 6.07) is 4.29. The Morgan fingerprint density at radius 1 is 0.911 bits per heavy atom. The Morgan fingerprint density at radius 2 is 1.56 bits per heavy atom. The van der Waals surface area contributed by atoms with E-state index in [1.165, 1.54) is 23.4 Å². The molecule has 0 bridgehead atoms. The maximum Gasteiger partial charge on any atom is 0.417 e. The lowest BCUT2D eigenvalue weighted by atomic mass is 10.0. The van der Waals surface area contributed by atoms with Gasteiger partial charge in [0.25, 0.3) is 11.8 Å². The summed E-state index contributed by atoms with van der Waals surface area (Å²) in [5.74, 6) is -1.37. The van der Waals surface area contributed by atoms with E-state index in [2.05, 4.69) is 4.90 Å². The molecule has 15 heteroatoms. The number of halogens is 3. The number of methoxy groups -OCH3 is 1. The molecule has 1 aromatic rings. The highest BCUT2D eigenvalue weighted by Gasteiger charge is 2.39. The van der Waals surface area contributed by atoms with Gasteiger partial charge in [0.2, 0.25) is 10.0 Å². The van der Waals surface area contributed by atoms with Crippen LogP contribution in [0, 0.1) is 11.3 Å². The number of alkyl halides is 3. The van der Waals surface area contributed by atoms with Gasteiger partial charge in [0.15, 0.2) is 0 Å². The number of hydrogen-bond donors (Lipinski definition) is 0. The average Bonchev–Trinajstić information content (AvgIpc) is 3.22. The minimum Gasteiger partial charge on any atom is -0.382 e. The Labute approximate surface area is 262 Å². The fourth-order valence-corrected chi connectivity index (χ4v) is 6.50. The number of carbonyl (C=O) groups excluding carboxylic acids is 2. The molecular formula is C30H41F3N4O7S. The van der Waals surface area contributed by atoms with E-state index in [-0.39, 0.29) is 29.2 Å². The Balaban J connectivity index is 1.34. The minimum atomic E-state index is -4.81. The van der Waals surface area contributed by atoms with Gasteiger partial charge < -0.3 is 19.1 Å². The second-order valence-corrected chi connectivity index (χ2v) is 12.9. The number of imide groups is 1. The summed E-state index contributed by atoms with van der Waals surface area (Å²) in [6.07, 6.45) is -1.30. The van der Waals surface area contributed by atoms with Crippen molar-refractivity contribution >= 4 is 27.5 Å². The predicted molar refractivity (Wildman–Crippen MR) is 160 cm³/mol. The number of rotatable bonds is 18. The van der Waals surface area contributed by atoms with Gasteiger partial charge in [-0.3, -0.25) is 9.59 Å². The van der Waals surface area contributed by atoms with Crippen LogP contribution in [-0.4, -0.2) is 108 Å². The van der Waals surface area contributed by atoms with Crippen molar-refractivity contribution in [3.63, 3.8) is 0 Å². The molecule has 0 spiro atoms. The number of piperazine rings is 1. The Kier molecular flexibility index (Phi) is 14.0. The largest absolute Gasteiger partial charge is 0.417 e. The monoisotopic (exact) mass is 658 g/mol. The molecule has 2 amide bonds. The van der Waals surface area contributed by atoms with E-state index in [1.807, 2.05) is 0 Å². The second-order valence-electron chi connectivity index (χ2n) is 10.8. The van der Waals surface area contributed by atoms with Gasteiger partial charge in [-0.05, 0) is 50.9 Å². The van der Waals surface area contributed by atoms with Crippen LogP contribution in [0.4, 0.5) is 18.9 Å². The second kappa shape index (κ2) is 17.2. The molecule has 0 saturated carbocycles. The lowest BCUT2D eigenvalue weighted by Gasteiger charge is -2.34. The van der Waals surface area contributed by atoms with Crippen LogP contribution in [0.1, 0.15) is 50.2 Å². The SMILES string of the molecule is COCCOCCOCCS(=O)(=O)N1CCN(CCCCCCC2=C(C)C(=O)N(c3ccc(C#N)c(C(F)(F)F)c3)C2=O)CC1. The molecule has 1 aromatic carbocycles. The summed E-state index contributed by atoms with van der Waals surface area (Å²) in [6.45, 7) is 6.20.